The van der Waals surface area contributed by atoms with E-state index in [1.165, 1.54) is 19.1 Å². The summed E-state index contributed by atoms with van der Waals surface area (Å²) in [6, 6.07) is 13.8. The SMILES string of the molecule is Cc1ccc(S(=O)(=O)NCC(=O)O[C@H](C)C(=O)N2CCc3ccccc32)cc1. The van der Waals surface area contributed by atoms with E-state index in [0.717, 1.165) is 23.2 Å². The Labute approximate surface area is 164 Å². The van der Waals surface area contributed by atoms with E-state index in [1.54, 1.807) is 17.0 Å². The monoisotopic (exact) mass is 402 g/mol. The molecule has 3 rings (SSSR count). The summed E-state index contributed by atoms with van der Waals surface area (Å²) in [5.74, 6) is -1.15. The molecule has 1 amide bonds. The molecule has 1 N–H and O–H groups in total. The van der Waals surface area contributed by atoms with Gasteiger partial charge in [-0.1, -0.05) is 35.9 Å². The third-order valence-electron chi connectivity index (χ3n) is 4.55. The maximum Gasteiger partial charge on any atom is 0.321 e. The summed E-state index contributed by atoms with van der Waals surface area (Å²) in [6.07, 6.45) is -0.263. The van der Waals surface area contributed by atoms with Crippen LogP contribution in [-0.2, 0) is 30.8 Å². The third kappa shape index (κ3) is 4.40. The van der Waals surface area contributed by atoms with Crippen LogP contribution in [0.3, 0.4) is 0 Å². The molecule has 0 radical (unpaired) electrons. The molecular formula is C20H22N2O5S. The molecule has 0 bridgehead atoms. The van der Waals surface area contributed by atoms with Crippen molar-refractivity contribution in [2.24, 2.45) is 0 Å². The van der Waals surface area contributed by atoms with Crippen molar-refractivity contribution < 1.29 is 22.7 Å². The normalized spacial score (nSPS) is 14.4. The second-order valence-corrected chi connectivity index (χ2v) is 8.41. The van der Waals surface area contributed by atoms with E-state index < -0.39 is 28.6 Å². The highest BCUT2D eigenvalue weighted by Crippen LogP contribution is 2.28. The standard InChI is InChI=1S/C20H22N2O5S/c1-14-7-9-17(10-8-14)28(25,26)21-13-19(23)27-15(2)20(24)22-12-11-16-5-3-4-6-18(16)22/h3-10,15,21H,11-13H2,1-2H3/t15-/m1/s1. The number of sulfonamides is 1. The summed E-state index contributed by atoms with van der Waals surface area (Å²) in [5.41, 5.74) is 2.81. The number of rotatable bonds is 6. The molecule has 0 aliphatic carbocycles. The molecule has 28 heavy (non-hydrogen) atoms. The van der Waals surface area contributed by atoms with Crippen molar-refractivity contribution >= 4 is 27.6 Å². The highest BCUT2D eigenvalue weighted by atomic mass is 32.2. The summed E-state index contributed by atoms with van der Waals surface area (Å²) >= 11 is 0. The molecule has 1 heterocycles. The van der Waals surface area contributed by atoms with Crippen LogP contribution in [0.15, 0.2) is 53.4 Å². The number of hydrogen-bond acceptors (Lipinski definition) is 5. The lowest BCUT2D eigenvalue weighted by atomic mass is 10.2. The van der Waals surface area contributed by atoms with Gasteiger partial charge < -0.3 is 9.64 Å². The lowest BCUT2D eigenvalue weighted by molar-refractivity contribution is -0.152. The van der Waals surface area contributed by atoms with Crippen molar-refractivity contribution in [3.63, 3.8) is 0 Å². The first-order chi connectivity index (χ1) is 13.3. The molecule has 2 aromatic rings. The fraction of sp³-hybridized carbons (Fsp3) is 0.300. The summed E-state index contributed by atoms with van der Waals surface area (Å²) in [6.45, 7) is 3.30. The number of hydrogen-bond donors (Lipinski definition) is 1. The maximum absolute atomic E-state index is 12.6. The summed E-state index contributed by atoms with van der Waals surface area (Å²) in [4.78, 5) is 26.3. The molecule has 2 aromatic carbocycles. The number of carbonyl (C=O) groups is 2. The fourth-order valence-electron chi connectivity index (χ4n) is 3.03. The van der Waals surface area contributed by atoms with Crippen LogP contribution >= 0.6 is 0 Å². The van der Waals surface area contributed by atoms with Crippen molar-refractivity contribution in [3.05, 3.63) is 59.7 Å². The van der Waals surface area contributed by atoms with E-state index in [1.807, 2.05) is 31.2 Å². The van der Waals surface area contributed by atoms with E-state index >= 15 is 0 Å². The molecule has 1 aliphatic rings. The van der Waals surface area contributed by atoms with Crippen molar-refractivity contribution in [3.8, 4) is 0 Å². The summed E-state index contributed by atoms with van der Waals surface area (Å²) in [7, 11) is -3.83. The number of benzene rings is 2. The molecule has 8 heteroatoms. The number of para-hydroxylation sites is 1. The molecule has 1 atom stereocenters. The molecule has 0 saturated carbocycles. The zero-order valence-corrected chi connectivity index (χ0v) is 16.5. The Morgan fingerprint density at radius 1 is 1.14 bits per heavy atom. The lowest BCUT2D eigenvalue weighted by Crippen LogP contribution is -2.41. The van der Waals surface area contributed by atoms with Gasteiger partial charge in [0.05, 0.1) is 4.90 Å². The third-order valence-corrected chi connectivity index (χ3v) is 5.96. The van der Waals surface area contributed by atoms with Gasteiger partial charge in [0.2, 0.25) is 10.0 Å². The van der Waals surface area contributed by atoms with Crippen molar-refractivity contribution in [2.45, 2.75) is 31.3 Å². The van der Waals surface area contributed by atoms with Gasteiger partial charge in [0.1, 0.15) is 6.54 Å². The number of esters is 1. The fourth-order valence-corrected chi connectivity index (χ4v) is 4.00. The van der Waals surface area contributed by atoms with Gasteiger partial charge in [0, 0.05) is 12.2 Å². The van der Waals surface area contributed by atoms with Crippen LogP contribution in [0.2, 0.25) is 0 Å². The van der Waals surface area contributed by atoms with Gasteiger partial charge >= 0.3 is 5.97 Å². The molecule has 0 spiro atoms. The topological polar surface area (TPSA) is 92.8 Å². The lowest BCUT2D eigenvalue weighted by Gasteiger charge is -2.21. The molecule has 0 aromatic heterocycles. The van der Waals surface area contributed by atoms with Gasteiger partial charge in [-0.2, -0.15) is 4.72 Å². The number of anilines is 1. The van der Waals surface area contributed by atoms with E-state index in [9.17, 15) is 18.0 Å². The Morgan fingerprint density at radius 3 is 2.54 bits per heavy atom. The smallest absolute Gasteiger partial charge is 0.321 e. The van der Waals surface area contributed by atoms with Gasteiger partial charge in [-0.3, -0.25) is 9.59 Å². The van der Waals surface area contributed by atoms with Crippen LogP contribution in [0.4, 0.5) is 5.69 Å². The first-order valence-electron chi connectivity index (χ1n) is 8.93. The predicted octanol–water partition coefficient (Wildman–Crippen LogP) is 1.79. The first kappa shape index (κ1) is 20.0. The largest absolute Gasteiger partial charge is 0.452 e. The van der Waals surface area contributed by atoms with Gasteiger partial charge in [-0.05, 0) is 44.0 Å². The Bertz CT molecular complexity index is 986. The van der Waals surface area contributed by atoms with E-state index in [-0.39, 0.29) is 10.8 Å². The van der Waals surface area contributed by atoms with Crippen LogP contribution in [0.5, 0.6) is 0 Å². The Balaban J connectivity index is 1.56. The molecule has 0 fully saturated rings. The molecule has 7 nitrogen and oxygen atoms in total. The quantitative estimate of drug-likeness (QED) is 0.744. The highest BCUT2D eigenvalue weighted by Gasteiger charge is 2.30. The van der Waals surface area contributed by atoms with Gasteiger partial charge in [-0.25, -0.2) is 8.42 Å². The van der Waals surface area contributed by atoms with Crippen molar-refractivity contribution in [1.82, 2.24) is 4.72 Å². The van der Waals surface area contributed by atoms with E-state index in [0.29, 0.717) is 6.54 Å². The average molecular weight is 402 g/mol. The minimum atomic E-state index is -3.83. The minimum Gasteiger partial charge on any atom is -0.452 e. The minimum absolute atomic E-state index is 0.0590. The Hall–Kier alpha value is -2.71. The number of carbonyl (C=O) groups excluding carboxylic acids is 2. The molecule has 0 unspecified atom stereocenters. The Kier molecular flexibility index (Phi) is 5.81. The number of nitrogens with zero attached hydrogens (tertiary/aromatic N) is 1. The van der Waals surface area contributed by atoms with Gasteiger partial charge in [-0.15, -0.1) is 0 Å². The summed E-state index contributed by atoms with van der Waals surface area (Å²) in [5, 5.41) is 0. The summed E-state index contributed by atoms with van der Waals surface area (Å²) < 4.78 is 31.8. The number of ether oxygens (including phenoxy) is 1. The number of nitrogens with one attached hydrogen (secondary N) is 1. The predicted molar refractivity (Wildman–Crippen MR) is 104 cm³/mol. The van der Waals surface area contributed by atoms with Gasteiger partial charge in [0.25, 0.3) is 5.91 Å². The molecule has 0 saturated heterocycles. The van der Waals surface area contributed by atoms with E-state index in [2.05, 4.69) is 4.72 Å². The van der Waals surface area contributed by atoms with E-state index in [4.69, 9.17) is 4.74 Å². The first-order valence-corrected chi connectivity index (χ1v) is 10.4. The molecule has 1 aliphatic heterocycles. The van der Waals surface area contributed by atoms with Crippen LogP contribution < -0.4 is 9.62 Å². The molecular weight excluding hydrogens is 380 g/mol. The zero-order chi connectivity index (χ0) is 20.3. The van der Waals surface area contributed by atoms with Crippen LogP contribution in [0, 0.1) is 6.92 Å². The van der Waals surface area contributed by atoms with Crippen molar-refractivity contribution in [1.29, 1.82) is 0 Å². The zero-order valence-electron chi connectivity index (χ0n) is 15.7. The van der Waals surface area contributed by atoms with Gasteiger partial charge in [0.15, 0.2) is 6.10 Å². The highest BCUT2D eigenvalue weighted by molar-refractivity contribution is 7.89. The van der Waals surface area contributed by atoms with Crippen LogP contribution in [0.25, 0.3) is 0 Å². The number of aryl methyl sites for hydroxylation is 1. The average Bonchev–Trinajstić information content (AvgIpc) is 3.10. The second kappa shape index (κ2) is 8.12. The molecule has 148 valence electrons. The maximum atomic E-state index is 12.6. The van der Waals surface area contributed by atoms with Crippen LogP contribution in [-0.4, -0.2) is 39.5 Å². The Morgan fingerprint density at radius 2 is 1.82 bits per heavy atom. The second-order valence-electron chi connectivity index (χ2n) is 6.64. The van der Waals surface area contributed by atoms with Crippen molar-refractivity contribution in [2.75, 3.05) is 18.0 Å². The van der Waals surface area contributed by atoms with Crippen LogP contribution in [0.1, 0.15) is 18.1 Å². The number of fused-ring (bicyclic) bond motifs is 1. The number of amides is 1.